The highest BCUT2D eigenvalue weighted by Crippen LogP contribution is 2.15. The molecule has 0 saturated heterocycles. The maximum Gasteiger partial charge on any atom is 0.229 e. The van der Waals surface area contributed by atoms with Crippen LogP contribution in [0.5, 0.6) is 0 Å². The number of anilines is 3. The molecule has 25 heavy (non-hydrogen) atoms. The third kappa shape index (κ3) is 4.99. The second-order valence-electron chi connectivity index (χ2n) is 5.29. The molecule has 0 radical (unpaired) electrons. The van der Waals surface area contributed by atoms with Crippen molar-refractivity contribution in [3.05, 3.63) is 77.1 Å². The Bertz CT molecular complexity index is 852. The fraction of sp³-hybridized carbons (Fsp3) is 0.0556. The van der Waals surface area contributed by atoms with Gasteiger partial charge >= 0.3 is 0 Å². The van der Waals surface area contributed by atoms with Crippen molar-refractivity contribution >= 4 is 34.8 Å². The van der Waals surface area contributed by atoms with Gasteiger partial charge in [-0.25, -0.2) is 4.39 Å². The number of hydrogen-bond donors (Lipinski definition) is 2. The van der Waals surface area contributed by atoms with Crippen LogP contribution in [-0.2, 0) is 11.2 Å². The molecule has 0 fully saturated rings. The van der Waals surface area contributed by atoms with Crippen molar-refractivity contribution in [2.45, 2.75) is 6.42 Å². The third-order valence-corrected chi connectivity index (χ3v) is 3.58. The molecule has 0 aliphatic heterocycles. The van der Waals surface area contributed by atoms with Crippen LogP contribution < -0.4 is 10.6 Å². The Morgan fingerprint density at radius 3 is 2.20 bits per heavy atom. The third-order valence-electron chi connectivity index (χ3n) is 3.33. The molecule has 0 aliphatic carbocycles. The summed E-state index contributed by atoms with van der Waals surface area (Å²) in [7, 11) is 0. The second kappa shape index (κ2) is 7.72. The fourth-order valence-electron chi connectivity index (χ4n) is 2.12. The maximum absolute atomic E-state index is 12.9. The van der Waals surface area contributed by atoms with E-state index in [0.717, 1.165) is 5.56 Å². The molecule has 0 atom stereocenters. The Balaban J connectivity index is 1.57. The van der Waals surface area contributed by atoms with E-state index >= 15 is 0 Å². The number of nitrogens with one attached hydrogen (secondary N) is 2. The van der Waals surface area contributed by atoms with Gasteiger partial charge in [0.05, 0.1) is 6.42 Å². The monoisotopic (exact) mass is 356 g/mol. The number of hydrogen-bond acceptors (Lipinski definition) is 4. The fourth-order valence-corrected chi connectivity index (χ4v) is 2.25. The highest BCUT2D eigenvalue weighted by molar-refractivity contribution is 6.30. The quantitative estimate of drug-likeness (QED) is 0.719. The average molecular weight is 357 g/mol. The van der Waals surface area contributed by atoms with Gasteiger partial charge in [0.1, 0.15) is 5.82 Å². The van der Waals surface area contributed by atoms with E-state index in [4.69, 9.17) is 11.6 Å². The minimum Gasteiger partial charge on any atom is -0.339 e. The van der Waals surface area contributed by atoms with Crippen molar-refractivity contribution in [1.29, 1.82) is 0 Å². The molecular formula is C18H14ClFN4O. The molecular weight excluding hydrogens is 343 g/mol. The number of aromatic nitrogens is 2. The first-order valence-electron chi connectivity index (χ1n) is 7.49. The topological polar surface area (TPSA) is 66.9 Å². The van der Waals surface area contributed by atoms with Crippen LogP contribution in [0.3, 0.4) is 0 Å². The number of carbonyl (C=O) groups excluding carboxylic acids is 1. The predicted molar refractivity (Wildman–Crippen MR) is 95.5 cm³/mol. The smallest absolute Gasteiger partial charge is 0.229 e. The van der Waals surface area contributed by atoms with Gasteiger partial charge in [0.15, 0.2) is 11.6 Å². The standard InChI is InChI=1S/C18H14ClFN4O/c19-13-3-1-12(2-4-13)11-18(25)22-17-10-9-16(23-24-17)21-15-7-5-14(20)6-8-15/h1-10H,11H2,(H,21,23)(H,22,24,25). The van der Waals surface area contributed by atoms with Gasteiger partial charge in [0, 0.05) is 10.7 Å². The Hall–Kier alpha value is -2.99. The molecule has 0 spiro atoms. The van der Waals surface area contributed by atoms with Crippen molar-refractivity contribution in [1.82, 2.24) is 10.2 Å². The lowest BCUT2D eigenvalue weighted by atomic mass is 10.1. The van der Waals surface area contributed by atoms with Gasteiger partial charge in [-0.05, 0) is 54.1 Å². The molecule has 1 heterocycles. The van der Waals surface area contributed by atoms with E-state index in [9.17, 15) is 9.18 Å². The summed E-state index contributed by atoms with van der Waals surface area (Å²) in [6.45, 7) is 0. The SMILES string of the molecule is O=C(Cc1ccc(Cl)cc1)Nc1ccc(Nc2ccc(F)cc2)nn1. The molecule has 2 N–H and O–H groups in total. The number of carbonyl (C=O) groups is 1. The van der Waals surface area contributed by atoms with Crippen LogP contribution in [0.2, 0.25) is 5.02 Å². The summed E-state index contributed by atoms with van der Waals surface area (Å²) in [6.07, 6.45) is 0.217. The van der Waals surface area contributed by atoms with E-state index in [0.29, 0.717) is 22.3 Å². The van der Waals surface area contributed by atoms with E-state index in [1.165, 1.54) is 12.1 Å². The predicted octanol–water partition coefficient (Wildman–Crippen LogP) is 4.19. The molecule has 5 nitrogen and oxygen atoms in total. The molecule has 0 bridgehead atoms. The molecule has 3 rings (SSSR count). The Morgan fingerprint density at radius 2 is 1.56 bits per heavy atom. The van der Waals surface area contributed by atoms with Crippen LogP contribution in [0.25, 0.3) is 0 Å². The zero-order valence-corrected chi connectivity index (χ0v) is 13.8. The first-order valence-corrected chi connectivity index (χ1v) is 7.87. The molecule has 0 saturated carbocycles. The second-order valence-corrected chi connectivity index (χ2v) is 5.72. The lowest BCUT2D eigenvalue weighted by Crippen LogP contribution is -2.15. The maximum atomic E-state index is 12.9. The number of rotatable bonds is 5. The summed E-state index contributed by atoms with van der Waals surface area (Å²) in [5.74, 6) is 0.331. The normalized spacial score (nSPS) is 10.3. The van der Waals surface area contributed by atoms with Gasteiger partial charge in [-0.3, -0.25) is 4.79 Å². The Kier molecular flexibility index (Phi) is 5.20. The van der Waals surface area contributed by atoms with Crippen molar-refractivity contribution < 1.29 is 9.18 Å². The molecule has 1 amide bonds. The van der Waals surface area contributed by atoms with Gasteiger partial charge in [-0.15, -0.1) is 10.2 Å². The molecule has 1 aromatic heterocycles. The molecule has 0 aliphatic rings. The van der Waals surface area contributed by atoms with E-state index in [2.05, 4.69) is 20.8 Å². The minimum absolute atomic E-state index is 0.198. The molecule has 7 heteroatoms. The number of benzene rings is 2. The van der Waals surface area contributed by atoms with Crippen molar-refractivity contribution in [2.75, 3.05) is 10.6 Å². The van der Waals surface area contributed by atoms with Crippen LogP contribution in [0, 0.1) is 5.82 Å². The number of nitrogens with zero attached hydrogens (tertiary/aromatic N) is 2. The summed E-state index contributed by atoms with van der Waals surface area (Å²) >= 11 is 5.82. The van der Waals surface area contributed by atoms with E-state index in [-0.39, 0.29) is 18.1 Å². The Labute approximate surface area is 148 Å². The highest BCUT2D eigenvalue weighted by Gasteiger charge is 2.06. The summed E-state index contributed by atoms with van der Waals surface area (Å²) in [5.41, 5.74) is 1.54. The lowest BCUT2D eigenvalue weighted by Gasteiger charge is -2.07. The van der Waals surface area contributed by atoms with Crippen LogP contribution in [-0.4, -0.2) is 16.1 Å². The molecule has 0 unspecified atom stereocenters. The largest absolute Gasteiger partial charge is 0.339 e. The minimum atomic E-state index is -0.310. The van der Waals surface area contributed by atoms with Crippen LogP contribution in [0.4, 0.5) is 21.7 Å². The van der Waals surface area contributed by atoms with Crippen molar-refractivity contribution in [3.63, 3.8) is 0 Å². The number of amides is 1. The highest BCUT2D eigenvalue weighted by atomic mass is 35.5. The van der Waals surface area contributed by atoms with Gasteiger partial charge < -0.3 is 10.6 Å². The van der Waals surface area contributed by atoms with Gasteiger partial charge in [-0.1, -0.05) is 23.7 Å². The van der Waals surface area contributed by atoms with Gasteiger partial charge in [-0.2, -0.15) is 0 Å². The summed E-state index contributed by atoms with van der Waals surface area (Å²) in [4.78, 5) is 12.0. The molecule has 3 aromatic rings. The number of halogens is 2. The first kappa shape index (κ1) is 16.9. The zero-order chi connectivity index (χ0) is 17.6. The van der Waals surface area contributed by atoms with Crippen molar-refractivity contribution in [2.24, 2.45) is 0 Å². The van der Waals surface area contributed by atoms with Crippen molar-refractivity contribution in [3.8, 4) is 0 Å². The van der Waals surface area contributed by atoms with Crippen LogP contribution in [0.15, 0.2) is 60.7 Å². The zero-order valence-electron chi connectivity index (χ0n) is 13.0. The van der Waals surface area contributed by atoms with E-state index in [1.54, 1.807) is 48.5 Å². The van der Waals surface area contributed by atoms with Crippen LogP contribution in [0.1, 0.15) is 5.56 Å². The Morgan fingerprint density at radius 1 is 0.920 bits per heavy atom. The molecule has 2 aromatic carbocycles. The summed E-state index contributed by atoms with van der Waals surface area (Å²) in [6, 6.07) is 16.3. The van der Waals surface area contributed by atoms with Crippen LogP contribution >= 0.6 is 11.6 Å². The summed E-state index contributed by atoms with van der Waals surface area (Å²) < 4.78 is 12.9. The summed E-state index contributed by atoms with van der Waals surface area (Å²) in [5, 5.41) is 14.2. The van der Waals surface area contributed by atoms with Gasteiger partial charge in [0.25, 0.3) is 0 Å². The van der Waals surface area contributed by atoms with E-state index in [1.807, 2.05) is 0 Å². The van der Waals surface area contributed by atoms with E-state index < -0.39 is 0 Å². The first-order chi connectivity index (χ1) is 12.1. The van der Waals surface area contributed by atoms with Gasteiger partial charge in [0.2, 0.25) is 5.91 Å². The lowest BCUT2D eigenvalue weighted by molar-refractivity contribution is -0.115. The molecule has 126 valence electrons. The average Bonchev–Trinajstić information content (AvgIpc) is 2.61.